The molecule has 4 aromatic rings. The second-order valence-corrected chi connectivity index (χ2v) is 6.26. The molecule has 2 aromatic carbocycles. The summed E-state index contributed by atoms with van der Waals surface area (Å²) in [4.78, 5) is 17.3. The van der Waals surface area contributed by atoms with E-state index in [1.165, 1.54) is 0 Å². The van der Waals surface area contributed by atoms with E-state index in [4.69, 9.17) is 4.74 Å². The maximum atomic E-state index is 12.6. The van der Waals surface area contributed by atoms with Crippen LogP contribution in [0.25, 0.3) is 16.9 Å². The number of nitrogens with one attached hydrogen (secondary N) is 2. The third-order valence-corrected chi connectivity index (χ3v) is 4.40. The van der Waals surface area contributed by atoms with E-state index < -0.39 is 0 Å². The van der Waals surface area contributed by atoms with Crippen LogP contribution in [0.5, 0.6) is 5.75 Å². The highest BCUT2D eigenvalue weighted by molar-refractivity contribution is 5.93. The molecule has 0 saturated heterocycles. The molecular weight excluding hydrogens is 352 g/mol. The number of nitrogens with zero attached hydrogens (tertiary/aromatic N) is 2. The number of carbonyl (C=O) groups is 1. The number of aromatic nitrogens is 2. The Bertz CT molecular complexity index is 1110. The molecule has 6 heteroatoms. The summed E-state index contributed by atoms with van der Waals surface area (Å²) in [5.41, 5.74) is 3.39. The lowest BCUT2D eigenvalue weighted by Gasteiger charge is -2.10. The maximum absolute atomic E-state index is 12.6. The van der Waals surface area contributed by atoms with Crippen molar-refractivity contribution in [3.8, 4) is 17.0 Å². The molecule has 0 bridgehead atoms. The van der Waals surface area contributed by atoms with Gasteiger partial charge in [-0.2, -0.15) is 0 Å². The van der Waals surface area contributed by atoms with Crippen molar-refractivity contribution in [3.05, 3.63) is 84.6 Å². The summed E-state index contributed by atoms with van der Waals surface area (Å²) in [6.45, 7) is 0.389. The number of benzene rings is 2. The average molecular weight is 372 g/mol. The summed E-state index contributed by atoms with van der Waals surface area (Å²) >= 11 is 0. The number of carbonyl (C=O) groups excluding carboxylic acids is 1. The van der Waals surface area contributed by atoms with Gasteiger partial charge in [-0.25, -0.2) is 9.78 Å². The molecule has 2 amide bonds. The smallest absolute Gasteiger partial charge is 0.320 e. The molecule has 0 radical (unpaired) electrons. The lowest BCUT2D eigenvalue weighted by molar-refractivity contribution is 0.251. The van der Waals surface area contributed by atoms with Gasteiger partial charge < -0.3 is 10.1 Å². The van der Waals surface area contributed by atoms with E-state index in [1.54, 1.807) is 7.11 Å². The van der Waals surface area contributed by atoms with Crippen LogP contribution in [0.2, 0.25) is 0 Å². The number of hydrogen-bond acceptors (Lipinski definition) is 3. The van der Waals surface area contributed by atoms with E-state index in [0.29, 0.717) is 12.4 Å². The third-order valence-electron chi connectivity index (χ3n) is 4.40. The van der Waals surface area contributed by atoms with E-state index in [-0.39, 0.29) is 6.03 Å². The Kier molecular flexibility index (Phi) is 4.93. The Morgan fingerprint density at radius 3 is 2.68 bits per heavy atom. The van der Waals surface area contributed by atoms with Crippen LogP contribution >= 0.6 is 0 Å². The number of fused-ring (bicyclic) bond motifs is 1. The van der Waals surface area contributed by atoms with Crippen LogP contribution in [-0.4, -0.2) is 22.5 Å². The van der Waals surface area contributed by atoms with Crippen LogP contribution in [-0.2, 0) is 6.54 Å². The first-order valence-electron chi connectivity index (χ1n) is 8.95. The van der Waals surface area contributed by atoms with Crippen molar-refractivity contribution < 1.29 is 9.53 Å². The minimum Gasteiger partial charge on any atom is -0.497 e. The standard InChI is InChI=1S/C22H20N4O2/c1-28-18-11-7-8-16(14-18)15-23-22(27)25-21-20(17-9-3-2-4-10-17)24-19-12-5-6-13-26(19)21/h2-14H,15H2,1H3,(H2,23,25,27). The molecule has 2 aromatic heterocycles. The van der Waals surface area contributed by atoms with Gasteiger partial charge in [-0.05, 0) is 29.8 Å². The molecule has 2 N–H and O–H groups in total. The van der Waals surface area contributed by atoms with E-state index in [9.17, 15) is 4.79 Å². The highest BCUT2D eigenvalue weighted by atomic mass is 16.5. The lowest BCUT2D eigenvalue weighted by atomic mass is 10.1. The first-order chi connectivity index (χ1) is 13.7. The highest BCUT2D eigenvalue weighted by Gasteiger charge is 2.16. The monoisotopic (exact) mass is 372 g/mol. The number of urea groups is 1. The minimum atomic E-state index is -0.300. The van der Waals surface area contributed by atoms with Crippen molar-refractivity contribution in [3.63, 3.8) is 0 Å². The summed E-state index contributed by atoms with van der Waals surface area (Å²) in [6, 6.07) is 22.8. The molecular formula is C22H20N4O2. The third kappa shape index (κ3) is 3.66. The molecule has 0 unspecified atom stereocenters. The first kappa shape index (κ1) is 17.6. The number of ether oxygens (including phenoxy) is 1. The quantitative estimate of drug-likeness (QED) is 0.548. The molecule has 0 aliphatic rings. The Morgan fingerprint density at radius 2 is 1.86 bits per heavy atom. The molecule has 140 valence electrons. The van der Waals surface area contributed by atoms with Gasteiger partial charge in [0.1, 0.15) is 22.9 Å². The Hall–Kier alpha value is -3.80. The molecule has 0 aliphatic carbocycles. The fraction of sp³-hybridized carbons (Fsp3) is 0.0909. The van der Waals surface area contributed by atoms with Gasteiger partial charge in [0, 0.05) is 18.3 Å². The number of rotatable bonds is 5. The normalized spacial score (nSPS) is 10.6. The van der Waals surface area contributed by atoms with Crippen molar-refractivity contribution in [2.45, 2.75) is 6.54 Å². The van der Waals surface area contributed by atoms with Crippen LogP contribution in [0.4, 0.5) is 10.6 Å². The number of methoxy groups -OCH3 is 1. The summed E-state index contributed by atoms with van der Waals surface area (Å²) in [5.74, 6) is 1.39. The van der Waals surface area contributed by atoms with Crippen molar-refractivity contribution >= 4 is 17.5 Å². The fourth-order valence-corrected chi connectivity index (χ4v) is 3.03. The average Bonchev–Trinajstić information content (AvgIpc) is 3.11. The van der Waals surface area contributed by atoms with Crippen LogP contribution in [0.3, 0.4) is 0 Å². The zero-order valence-corrected chi connectivity index (χ0v) is 15.4. The van der Waals surface area contributed by atoms with E-state index in [1.807, 2.05) is 83.4 Å². The molecule has 0 spiro atoms. The summed E-state index contributed by atoms with van der Waals surface area (Å²) < 4.78 is 7.09. The number of pyridine rings is 1. The summed E-state index contributed by atoms with van der Waals surface area (Å²) in [7, 11) is 1.62. The molecule has 0 atom stereocenters. The van der Waals surface area contributed by atoms with Gasteiger partial charge in [-0.15, -0.1) is 0 Å². The predicted molar refractivity (Wildman–Crippen MR) is 109 cm³/mol. The summed E-state index contributed by atoms with van der Waals surface area (Å²) in [5, 5.41) is 5.84. The van der Waals surface area contributed by atoms with E-state index >= 15 is 0 Å². The second kappa shape index (κ2) is 7.84. The first-order valence-corrected chi connectivity index (χ1v) is 8.95. The Morgan fingerprint density at radius 1 is 1.04 bits per heavy atom. The number of imidazole rings is 1. The number of amides is 2. The molecule has 0 fully saturated rings. The van der Waals surface area contributed by atoms with Gasteiger partial charge in [0.25, 0.3) is 0 Å². The van der Waals surface area contributed by atoms with E-state index in [2.05, 4.69) is 15.6 Å². The lowest BCUT2D eigenvalue weighted by Crippen LogP contribution is -2.28. The van der Waals surface area contributed by atoms with Gasteiger partial charge in [0.05, 0.1) is 7.11 Å². The molecule has 6 nitrogen and oxygen atoms in total. The van der Waals surface area contributed by atoms with Gasteiger partial charge in [0.2, 0.25) is 0 Å². The van der Waals surface area contributed by atoms with Gasteiger partial charge in [0.15, 0.2) is 0 Å². The Balaban J connectivity index is 1.57. The maximum Gasteiger partial charge on any atom is 0.320 e. The molecule has 0 saturated carbocycles. The zero-order valence-electron chi connectivity index (χ0n) is 15.4. The topological polar surface area (TPSA) is 67.7 Å². The van der Waals surface area contributed by atoms with Crippen LogP contribution in [0, 0.1) is 0 Å². The molecule has 0 aliphatic heterocycles. The van der Waals surface area contributed by atoms with Crippen molar-refractivity contribution in [2.24, 2.45) is 0 Å². The van der Waals surface area contributed by atoms with E-state index in [0.717, 1.165) is 28.2 Å². The summed E-state index contributed by atoms with van der Waals surface area (Å²) in [6.07, 6.45) is 1.88. The van der Waals surface area contributed by atoms with Crippen LogP contribution in [0.1, 0.15) is 5.56 Å². The molecule has 28 heavy (non-hydrogen) atoms. The second-order valence-electron chi connectivity index (χ2n) is 6.26. The minimum absolute atomic E-state index is 0.300. The van der Waals surface area contributed by atoms with Crippen molar-refractivity contribution in [1.82, 2.24) is 14.7 Å². The van der Waals surface area contributed by atoms with Gasteiger partial charge >= 0.3 is 6.03 Å². The fourth-order valence-electron chi connectivity index (χ4n) is 3.03. The number of hydrogen-bond donors (Lipinski definition) is 2. The SMILES string of the molecule is COc1cccc(CNC(=O)Nc2c(-c3ccccc3)nc3ccccn23)c1. The predicted octanol–water partition coefficient (Wildman–Crippen LogP) is 4.33. The van der Waals surface area contributed by atoms with Crippen LogP contribution in [0.15, 0.2) is 79.0 Å². The highest BCUT2D eigenvalue weighted by Crippen LogP contribution is 2.28. The Labute approximate surface area is 162 Å². The van der Waals surface area contributed by atoms with Gasteiger partial charge in [-0.3, -0.25) is 9.72 Å². The van der Waals surface area contributed by atoms with Crippen LogP contribution < -0.4 is 15.4 Å². The zero-order chi connectivity index (χ0) is 19.3. The number of anilines is 1. The van der Waals surface area contributed by atoms with Crippen molar-refractivity contribution in [2.75, 3.05) is 12.4 Å². The molecule has 4 rings (SSSR count). The van der Waals surface area contributed by atoms with Crippen molar-refractivity contribution in [1.29, 1.82) is 0 Å². The molecule has 2 heterocycles. The van der Waals surface area contributed by atoms with Gasteiger partial charge in [-0.1, -0.05) is 48.5 Å². The largest absolute Gasteiger partial charge is 0.497 e.